The lowest BCUT2D eigenvalue weighted by Crippen LogP contribution is -2.61. The molecule has 2 aromatic carbocycles. The number of hydrogen-bond donors (Lipinski definition) is 3. The first-order valence-corrected chi connectivity index (χ1v) is 22.8. The summed E-state index contributed by atoms with van der Waals surface area (Å²) in [6.45, 7) is 12.4. The van der Waals surface area contributed by atoms with Crippen molar-refractivity contribution >= 4 is 52.2 Å². The van der Waals surface area contributed by atoms with Crippen LogP contribution in [0, 0.1) is 44.7 Å². The number of aryl methyl sites for hydroxylation is 2. The van der Waals surface area contributed by atoms with Gasteiger partial charge in [0.2, 0.25) is 11.8 Å². The number of morpholine rings is 2. The second-order valence-electron chi connectivity index (χ2n) is 17.3. The standard InChI is InChI=1S/C25H31FN4O4.C19H23FN4O2.2O2S/c1-15-4-5-21(20(26)8-15)29-22-16(2)23(28-14-27-22)34-19-9-17-11-32-12-18(10-19)30(17)24(31)33-13-25(3)6-7-25;1-11-3-4-17(16(20)5-11)24-18-12(2)19(22-10-21-18)26-15-6-13-8-25-9-14(7-15)23-13;2*1-3-2/h4-5,8,14,17-19H,6-7,9-13H2,1-3H3,(H,27,28,29);3-5,10,13-15,23H,6-9H2,1-2H3,(H,21,22,24);;. The molecule has 9 rings (SSSR count). The summed E-state index contributed by atoms with van der Waals surface area (Å²) in [4.78, 5) is 31.8. The Morgan fingerprint density at radius 2 is 1.17 bits per heavy atom. The van der Waals surface area contributed by atoms with Crippen molar-refractivity contribution in [3.63, 3.8) is 0 Å². The molecule has 4 aliphatic heterocycles. The van der Waals surface area contributed by atoms with Crippen LogP contribution in [0.15, 0.2) is 49.1 Å². The Morgan fingerprint density at radius 3 is 1.61 bits per heavy atom. The number of carbonyl (C=O) groups is 1. The monoisotopic (exact) mass is 956 g/mol. The molecule has 1 aliphatic carbocycles. The first kappa shape index (κ1) is 49.9. The van der Waals surface area contributed by atoms with Crippen molar-refractivity contribution in [1.29, 1.82) is 0 Å². The number of fused-ring (bicyclic) bond motifs is 4. The van der Waals surface area contributed by atoms with E-state index >= 15 is 0 Å². The second-order valence-corrected chi connectivity index (χ2v) is 17.6. The maximum absolute atomic E-state index is 14.3. The molecule has 3 N–H and O–H groups in total. The Kier molecular flexibility index (Phi) is 17.6. The van der Waals surface area contributed by atoms with Crippen LogP contribution in [0.1, 0.15) is 67.7 Å². The lowest BCUT2D eigenvalue weighted by Gasteiger charge is -2.47. The van der Waals surface area contributed by atoms with Gasteiger partial charge in [0.1, 0.15) is 48.1 Å². The van der Waals surface area contributed by atoms with E-state index in [1.165, 1.54) is 24.8 Å². The van der Waals surface area contributed by atoms with Crippen LogP contribution in [-0.4, -0.2) is 117 Å². The van der Waals surface area contributed by atoms with E-state index < -0.39 is 23.1 Å². The van der Waals surface area contributed by atoms with E-state index in [1.807, 2.05) is 44.7 Å². The fraction of sp³-hybridized carbons (Fsp3) is 0.523. The highest BCUT2D eigenvalue weighted by Crippen LogP contribution is 2.45. The summed E-state index contributed by atoms with van der Waals surface area (Å²) in [5.41, 5.74) is 4.07. The Bertz CT molecular complexity index is 2350. The van der Waals surface area contributed by atoms with Gasteiger partial charge < -0.3 is 39.6 Å². The van der Waals surface area contributed by atoms with Crippen molar-refractivity contribution in [2.75, 3.05) is 43.7 Å². The van der Waals surface area contributed by atoms with Crippen LogP contribution < -0.4 is 25.4 Å². The molecule has 5 fully saturated rings. The number of nitrogens with one attached hydrogen (secondary N) is 3. The molecule has 4 aromatic rings. The zero-order chi connectivity index (χ0) is 47.4. The summed E-state index contributed by atoms with van der Waals surface area (Å²) in [7, 11) is 0. The summed E-state index contributed by atoms with van der Waals surface area (Å²) < 4.78 is 91.0. The van der Waals surface area contributed by atoms with Crippen molar-refractivity contribution in [3.05, 3.63) is 82.9 Å². The lowest BCUT2D eigenvalue weighted by molar-refractivity contribution is -0.0919. The highest BCUT2D eigenvalue weighted by Gasteiger charge is 2.45. The number of halogens is 2. The molecule has 356 valence electrons. The highest BCUT2D eigenvalue weighted by molar-refractivity contribution is 7.51. The van der Waals surface area contributed by atoms with Crippen molar-refractivity contribution in [1.82, 2.24) is 30.2 Å². The Labute approximate surface area is 388 Å². The van der Waals surface area contributed by atoms with Crippen LogP contribution in [0.4, 0.5) is 36.6 Å². The lowest BCUT2D eigenvalue weighted by atomic mass is 9.92. The van der Waals surface area contributed by atoms with E-state index in [2.05, 4.69) is 42.8 Å². The highest BCUT2D eigenvalue weighted by atomic mass is 32.1. The molecule has 5 aliphatic rings. The molecular weight excluding hydrogens is 903 g/mol. The van der Waals surface area contributed by atoms with Gasteiger partial charge in [0.05, 0.1) is 67.6 Å². The number of piperidine rings is 2. The van der Waals surface area contributed by atoms with E-state index in [0.29, 0.717) is 85.1 Å². The van der Waals surface area contributed by atoms with E-state index in [-0.39, 0.29) is 47.4 Å². The van der Waals surface area contributed by atoms with Crippen LogP contribution in [0.25, 0.3) is 0 Å². The molecule has 22 heteroatoms. The topological polar surface area (TPSA) is 222 Å². The van der Waals surface area contributed by atoms with Gasteiger partial charge in [-0.2, -0.15) is 16.8 Å². The van der Waals surface area contributed by atoms with Gasteiger partial charge in [0, 0.05) is 43.2 Å². The van der Waals surface area contributed by atoms with E-state index in [1.54, 1.807) is 12.1 Å². The summed E-state index contributed by atoms with van der Waals surface area (Å²) >= 11 is -1.50. The molecule has 4 bridgehead atoms. The summed E-state index contributed by atoms with van der Waals surface area (Å²) in [5, 5.41) is 9.64. The van der Waals surface area contributed by atoms with Gasteiger partial charge in [-0.1, -0.05) is 19.1 Å². The molecule has 2 aromatic heterocycles. The molecule has 0 radical (unpaired) electrons. The molecule has 4 atom stereocenters. The third-order valence-electron chi connectivity index (χ3n) is 11.9. The minimum atomic E-state index is -0.750. The number of ether oxygens (including phenoxy) is 5. The van der Waals surface area contributed by atoms with Crippen molar-refractivity contribution < 1.29 is 54.1 Å². The van der Waals surface area contributed by atoms with Gasteiger partial charge in [-0.15, -0.1) is 0 Å². The normalized spacial score (nSPS) is 23.0. The molecule has 6 heterocycles. The third kappa shape index (κ3) is 13.5. The molecule has 66 heavy (non-hydrogen) atoms. The van der Waals surface area contributed by atoms with Gasteiger partial charge in [-0.3, -0.25) is 4.90 Å². The molecule has 4 saturated heterocycles. The van der Waals surface area contributed by atoms with Crippen LogP contribution in [0.3, 0.4) is 0 Å². The number of carbonyl (C=O) groups excluding carboxylic acids is 1. The van der Waals surface area contributed by atoms with E-state index in [4.69, 9.17) is 40.5 Å². The van der Waals surface area contributed by atoms with Crippen molar-refractivity contribution in [2.24, 2.45) is 5.41 Å². The fourth-order valence-electron chi connectivity index (χ4n) is 8.18. The molecule has 4 unspecified atom stereocenters. The van der Waals surface area contributed by atoms with Gasteiger partial charge in [-0.05, 0) is 75.9 Å². The SMILES string of the molecule is Cc1ccc(Nc2ncnc(OC3CC4COCC(C3)N4)c2C)c(F)c1.Cc1ccc(Nc2ncnc(OC3CC4COCC(C3)N4C(=O)OCC3(C)CC3)c2C)c(F)c1.O=S=O.O=S=O. The molecule has 18 nitrogen and oxygen atoms in total. The summed E-state index contributed by atoms with van der Waals surface area (Å²) in [6, 6.07) is 10.5. The van der Waals surface area contributed by atoms with E-state index in [0.717, 1.165) is 55.6 Å². The summed E-state index contributed by atoms with van der Waals surface area (Å²) in [6.07, 6.45) is 7.81. The number of nitrogens with zero attached hydrogens (tertiary/aromatic N) is 5. The average Bonchev–Trinajstić information content (AvgIpc) is 4.02. The Balaban J connectivity index is 0.000000200. The van der Waals surface area contributed by atoms with Crippen LogP contribution in [0.5, 0.6) is 11.8 Å². The second kappa shape index (κ2) is 23.3. The van der Waals surface area contributed by atoms with Crippen LogP contribution in [0.2, 0.25) is 0 Å². The first-order valence-electron chi connectivity index (χ1n) is 21.5. The Morgan fingerprint density at radius 1 is 0.727 bits per heavy atom. The fourth-order valence-corrected chi connectivity index (χ4v) is 8.18. The number of hydrogen-bond acceptors (Lipinski definition) is 17. The van der Waals surface area contributed by atoms with Gasteiger partial charge in [-0.25, -0.2) is 33.5 Å². The van der Waals surface area contributed by atoms with Crippen molar-refractivity contribution in [3.8, 4) is 11.8 Å². The van der Waals surface area contributed by atoms with Gasteiger partial charge in [0.15, 0.2) is 0 Å². The van der Waals surface area contributed by atoms with Crippen molar-refractivity contribution in [2.45, 2.75) is 110 Å². The average molecular weight is 957 g/mol. The molecule has 0 spiro atoms. The van der Waals surface area contributed by atoms with Gasteiger partial charge >= 0.3 is 29.2 Å². The summed E-state index contributed by atoms with van der Waals surface area (Å²) in [5.74, 6) is 1.38. The Hall–Kier alpha value is -5.55. The maximum atomic E-state index is 14.3. The predicted octanol–water partition coefficient (Wildman–Crippen LogP) is 6.06. The third-order valence-corrected chi connectivity index (χ3v) is 11.9. The maximum Gasteiger partial charge on any atom is 0.410 e. The largest absolute Gasteiger partial charge is 0.474 e. The number of amides is 1. The smallest absolute Gasteiger partial charge is 0.410 e. The molecule has 1 amide bonds. The van der Waals surface area contributed by atoms with E-state index in [9.17, 15) is 13.6 Å². The number of anilines is 4. The van der Waals surface area contributed by atoms with Gasteiger partial charge in [0.25, 0.3) is 0 Å². The number of aromatic nitrogens is 4. The minimum Gasteiger partial charge on any atom is -0.474 e. The minimum absolute atomic E-state index is 0.0905. The first-order chi connectivity index (χ1) is 31.7. The molecular formula is C44H54F2N8O10S2. The van der Waals surface area contributed by atoms with Crippen LogP contribution >= 0.6 is 0 Å². The predicted molar refractivity (Wildman–Crippen MR) is 238 cm³/mol. The van der Waals surface area contributed by atoms with Crippen LogP contribution in [-0.2, 0) is 37.4 Å². The zero-order valence-electron chi connectivity index (χ0n) is 37.3. The zero-order valence-corrected chi connectivity index (χ0v) is 38.9. The number of benzene rings is 2. The molecule has 1 saturated carbocycles. The number of rotatable bonds is 10. The quantitative estimate of drug-likeness (QED) is 0.164.